The summed E-state index contributed by atoms with van der Waals surface area (Å²) in [6.07, 6.45) is 0.189. The van der Waals surface area contributed by atoms with Gasteiger partial charge < -0.3 is 0 Å². The molecule has 4 heteroatoms. The molecule has 0 saturated heterocycles. The zero-order valence-electron chi connectivity index (χ0n) is 9.34. The number of benzene rings is 2. The fraction of sp³-hybridized carbons (Fsp3) is 0.143. The summed E-state index contributed by atoms with van der Waals surface area (Å²) in [6, 6.07) is 10.6. The first-order valence-corrected chi connectivity index (χ1v) is 6.22. The van der Waals surface area contributed by atoms with E-state index in [0.717, 1.165) is 0 Å². The Hall–Kier alpha value is -1.12. The molecular weight excluding hydrogens is 277 g/mol. The second-order valence-corrected chi connectivity index (χ2v) is 4.83. The Bertz CT molecular complexity index is 535. The summed E-state index contributed by atoms with van der Waals surface area (Å²) in [5.74, 6) is -0.825. The van der Waals surface area contributed by atoms with Crippen LogP contribution in [-0.2, 0) is 6.42 Å². The van der Waals surface area contributed by atoms with Crippen molar-refractivity contribution in [3.8, 4) is 0 Å². The summed E-state index contributed by atoms with van der Waals surface area (Å²) in [7, 11) is 0. The molecule has 0 aliphatic carbocycles. The second kappa shape index (κ2) is 5.68. The van der Waals surface area contributed by atoms with Crippen molar-refractivity contribution in [3.63, 3.8) is 0 Å². The van der Waals surface area contributed by atoms with Crippen LogP contribution in [0.5, 0.6) is 0 Å². The van der Waals surface area contributed by atoms with E-state index in [1.807, 2.05) is 0 Å². The molecular formula is C14H10Cl2F2. The third-order valence-electron chi connectivity index (χ3n) is 2.67. The van der Waals surface area contributed by atoms with Crippen molar-refractivity contribution in [3.05, 3.63) is 70.2 Å². The lowest BCUT2D eigenvalue weighted by molar-refractivity contribution is 0.592. The second-order valence-electron chi connectivity index (χ2n) is 3.90. The first-order chi connectivity index (χ1) is 8.59. The minimum absolute atomic E-state index is 0.189. The summed E-state index contributed by atoms with van der Waals surface area (Å²) in [4.78, 5) is 0. The van der Waals surface area contributed by atoms with Crippen molar-refractivity contribution in [1.29, 1.82) is 0 Å². The van der Waals surface area contributed by atoms with Gasteiger partial charge >= 0.3 is 0 Å². The summed E-state index contributed by atoms with van der Waals surface area (Å²) in [6.45, 7) is 0. The van der Waals surface area contributed by atoms with E-state index in [1.165, 1.54) is 18.2 Å². The molecule has 0 amide bonds. The maximum Gasteiger partial charge on any atom is 0.129 e. The lowest BCUT2D eigenvalue weighted by Gasteiger charge is -2.13. The van der Waals surface area contributed by atoms with Gasteiger partial charge in [-0.15, -0.1) is 11.6 Å². The maximum atomic E-state index is 13.6. The van der Waals surface area contributed by atoms with Crippen molar-refractivity contribution in [1.82, 2.24) is 0 Å². The van der Waals surface area contributed by atoms with Gasteiger partial charge in [0.05, 0.1) is 5.38 Å². The van der Waals surface area contributed by atoms with Crippen molar-refractivity contribution in [2.45, 2.75) is 11.8 Å². The molecule has 1 unspecified atom stereocenters. The average Bonchev–Trinajstić information content (AvgIpc) is 2.32. The van der Waals surface area contributed by atoms with Crippen molar-refractivity contribution >= 4 is 23.2 Å². The molecule has 0 bridgehead atoms. The number of alkyl halides is 1. The summed E-state index contributed by atoms with van der Waals surface area (Å²) in [5, 5.41) is -0.443. The topological polar surface area (TPSA) is 0 Å². The van der Waals surface area contributed by atoms with Crippen LogP contribution in [-0.4, -0.2) is 0 Å². The zero-order chi connectivity index (χ0) is 13.1. The Labute approximate surface area is 114 Å². The van der Waals surface area contributed by atoms with Crippen molar-refractivity contribution < 1.29 is 8.78 Å². The molecule has 0 heterocycles. The molecule has 1 atom stereocenters. The first kappa shape index (κ1) is 13.3. The van der Waals surface area contributed by atoms with Crippen LogP contribution in [0.4, 0.5) is 8.78 Å². The highest BCUT2D eigenvalue weighted by Gasteiger charge is 2.18. The molecule has 2 aromatic carbocycles. The van der Waals surface area contributed by atoms with Gasteiger partial charge in [0.15, 0.2) is 0 Å². The lowest BCUT2D eigenvalue weighted by atomic mass is 10.0. The van der Waals surface area contributed by atoms with Crippen LogP contribution in [0, 0.1) is 11.6 Å². The third-order valence-corrected chi connectivity index (χ3v) is 3.37. The lowest BCUT2D eigenvalue weighted by Crippen LogP contribution is -2.01. The van der Waals surface area contributed by atoms with Crippen LogP contribution >= 0.6 is 23.2 Å². The van der Waals surface area contributed by atoms with E-state index >= 15 is 0 Å². The van der Waals surface area contributed by atoms with E-state index in [-0.39, 0.29) is 22.8 Å². The standard InChI is InChI=1S/C14H10Cl2F2/c15-10-5-3-7-13(18)14(10)11(16)8-9-4-1-2-6-12(9)17/h1-7,11H,8H2. The number of rotatable bonds is 3. The smallest absolute Gasteiger partial charge is 0.129 e. The van der Waals surface area contributed by atoms with Crippen LogP contribution in [0.15, 0.2) is 42.5 Å². The monoisotopic (exact) mass is 286 g/mol. The SMILES string of the molecule is Fc1ccccc1CC(Cl)c1c(F)cccc1Cl. The molecule has 0 fully saturated rings. The van der Waals surface area contributed by atoms with Crippen LogP contribution in [0.25, 0.3) is 0 Å². The van der Waals surface area contributed by atoms with Gasteiger partial charge in [-0.25, -0.2) is 8.78 Å². The molecule has 2 rings (SSSR count). The normalized spacial score (nSPS) is 12.4. The fourth-order valence-corrected chi connectivity index (χ4v) is 2.51. The van der Waals surface area contributed by atoms with Crippen LogP contribution in [0.3, 0.4) is 0 Å². The Kier molecular flexibility index (Phi) is 4.20. The van der Waals surface area contributed by atoms with E-state index in [2.05, 4.69) is 0 Å². The highest BCUT2D eigenvalue weighted by Crippen LogP contribution is 2.33. The third kappa shape index (κ3) is 2.82. The Morgan fingerprint density at radius 3 is 2.28 bits per heavy atom. The summed E-state index contributed by atoms with van der Waals surface area (Å²) >= 11 is 12.0. The molecule has 0 radical (unpaired) electrons. The van der Waals surface area contributed by atoms with E-state index in [9.17, 15) is 8.78 Å². The number of hydrogen-bond acceptors (Lipinski definition) is 0. The van der Waals surface area contributed by atoms with Gasteiger partial charge in [0.2, 0.25) is 0 Å². The largest absolute Gasteiger partial charge is 0.207 e. The molecule has 0 aliphatic rings. The molecule has 18 heavy (non-hydrogen) atoms. The first-order valence-electron chi connectivity index (χ1n) is 5.41. The quantitative estimate of drug-likeness (QED) is 0.685. The molecule has 0 N–H and O–H groups in total. The van der Waals surface area contributed by atoms with Gasteiger partial charge in [-0.2, -0.15) is 0 Å². The van der Waals surface area contributed by atoms with E-state index < -0.39 is 11.2 Å². The minimum atomic E-state index is -0.699. The predicted molar refractivity (Wildman–Crippen MR) is 70.1 cm³/mol. The van der Waals surface area contributed by atoms with E-state index in [4.69, 9.17) is 23.2 Å². The molecule has 0 nitrogen and oxygen atoms in total. The van der Waals surface area contributed by atoms with Gasteiger partial charge in [-0.1, -0.05) is 35.9 Å². The highest BCUT2D eigenvalue weighted by molar-refractivity contribution is 6.32. The van der Waals surface area contributed by atoms with Gasteiger partial charge in [0.1, 0.15) is 11.6 Å². The number of halogens is 4. The van der Waals surface area contributed by atoms with Gasteiger partial charge in [0.25, 0.3) is 0 Å². The summed E-state index contributed by atoms with van der Waals surface area (Å²) in [5.41, 5.74) is 0.654. The van der Waals surface area contributed by atoms with Gasteiger partial charge in [0, 0.05) is 10.6 Å². The van der Waals surface area contributed by atoms with Gasteiger partial charge in [-0.05, 0) is 30.2 Å². The molecule has 2 aromatic rings. The molecule has 0 aromatic heterocycles. The number of hydrogen-bond donors (Lipinski definition) is 0. The average molecular weight is 287 g/mol. The molecule has 0 spiro atoms. The predicted octanol–water partition coefficient (Wildman–Crippen LogP) is 5.14. The fourth-order valence-electron chi connectivity index (χ4n) is 1.77. The van der Waals surface area contributed by atoms with Crippen LogP contribution < -0.4 is 0 Å². The van der Waals surface area contributed by atoms with Crippen LogP contribution in [0.1, 0.15) is 16.5 Å². The minimum Gasteiger partial charge on any atom is -0.207 e. The Morgan fingerprint density at radius 2 is 1.61 bits per heavy atom. The molecule has 0 saturated carbocycles. The van der Waals surface area contributed by atoms with Crippen molar-refractivity contribution in [2.24, 2.45) is 0 Å². The zero-order valence-corrected chi connectivity index (χ0v) is 10.8. The molecule has 0 aliphatic heterocycles. The molecule has 94 valence electrons. The van der Waals surface area contributed by atoms with Gasteiger partial charge in [-0.3, -0.25) is 0 Å². The van der Waals surface area contributed by atoms with E-state index in [1.54, 1.807) is 24.3 Å². The summed E-state index contributed by atoms with van der Waals surface area (Å²) < 4.78 is 27.1. The maximum absolute atomic E-state index is 13.6. The Morgan fingerprint density at radius 1 is 0.944 bits per heavy atom. The van der Waals surface area contributed by atoms with E-state index in [0.29, 0.717) is 5.56 Å². The van der Waals surface area contributed by atoms with Crippen LogP contribution in [0.2, 0.25) is 5.02 Å². The van der Waals surface area contributed by atoms with Crippen molar-refractivity contribution in [2.75, 3.05) is 0 Å². The Balaban J connectivity index is 2.28. The highest BCUT2D eigenvalue weighted by atomic mass is 35.5.